The zero-order chi connectivity index (χ0) is 21.6. The van der Waals surface area contributed by atoms with Gasteiger partial charge in [-0.3, -0.25) is 0 Å². The second-order valence-corrected chi connectivity index (χ2v) is 7.59. The van der Waals surface area contributed by atoms with E-state index in [0.29, 0.717) is 12.1 Å². The zero-order valence-electron chi connectivity index (χ0n) is 18.4. The average Bonchev–Trinajstić information content (AvgIpc) is 2.81. The van der Waals surface area contributed by atoms with Gasteiger partial charge < -0.3 is 61.8 Å². The molecular weight excluding hydrogens is 626 g/mol. The van der Waals surface area contributed by atoms with Gasteiger partial charge in [-0.2, -0.15) is 0 Å². The number of aromatic carboxylic acids is 1. The fraction of sp³-hybridized carbons (Fsp3) is 0.115. The molecule has 0 saturated heterocycles. The summed E-state index contributed by atoms with van der Waals surface area (Å²) in [5.74, 6) is -0.903. The number of quaternary nitrogens is 1. The Bertz CT molecular complexity index is 1170. The zero-order valence-corrected chi connectivity index (χ0v) is 23.2. The van der Waals surface area contributed by atoms with E-state index in [-0.39, 0.29) is 50.9 Å². The van der Waals surface area contributed by atoms with Crippen LogP contribution in [0, 0.1) is 0 Å². The summed E-state index contributed by atoms with van der Waals surface area (Å²) in [4.78, 5) is 11.0. The van der Waals surface area contributed by atoms with Gasteiger partial charge in [0.15, 0.2) is 37.9 Å². The molecular formula is C26H26Br3N3O2. The molecule has 8 heteroatoms. The largest absolute Gasteiger partial charge is 1.00 e. The number of pyridine rings is 2. The Morgan fingerprint density at radius 1 is 0.618 bits per heavy atom. The third kappa shape index (κ3) is 7.84. The summed E-state index contributed by atoms with van der Waals surface area (Å²) in [5.41, 5.74) is 10.1. The van der Waals surface area contributed by atoms with Crippen LogP contribution in [0.3, 0.4) is 0 Å². The average molecular weight is 652 g/mol. The molecule has 178 valence electrons. The molecule has 0 unspecified atom stereocenters. The van der Waals surface area contributed by atoms with Crippen molar-refractivity contribution in [3.8, 4) is 11.1 Å². The molecule has 0 fully saturated rings. The van der Waals surface area contributed by atoms with E-state index in [1.165, 1.54) is 16.7 Å². The quantitative estimate of drug-likeness (QED) is 0.195. The van der Waals surface area contributed by atoms with Gasteiger partial charge in [0.2, 0.25) is 0 Å². The van der Waals surface area contributed by atoms with E-state index in [4.69, 9.17) is 5.11 Å². The third-order valence-electron chi connectivity index (χ3n) is 5.36. The molecule has 0 amide bonds. The van der Waals surface area contributed by atoms with Crippen LogP contribution in [-0.4, -0.2) is 11.1 Å². The topological polar surface area (TPSA) is 72.7 Å². The smallest absolute Gasteiger partial charge is 0.335 e. The highest BCUT2D eigenvalue weighted by Crippen LogP contribution is 2.16. The molecule has 0 aliphatic carbocycles. The van der Waals surface area contributed by atoms with E-state index in [9.17, 15) is 4.79 Å². The number of aromatic nitrogens is 2. The first-order chi connectivity index (χ1) is 15.1. The van der Waals surface area contributed by atoms with Gasteiger partial charge in [-0.05, 0) is 23.3 Å². The highest BCUT2D eigenvalue weighted by Gasteiger charge is 2.08. The summed E-state index contributed by atoms with van der Waals surface area (Å²) in [6.45, 7) is 2.35. The van der Waals surface area contributed by atoms with Gasteiger partial charge in [0.25, 0.3) is 0 Å². The first-order valence-electron chi connectivity index (χ1n) is 10.3. The number of benzene rings is 2. The van der Waals surface area contributed by atoms with Crippen LogP contribution in [0.2, 0.25) is 0 Å². The standard InChI is InChI=1S/C26H24N3O2.3BrH/c27-17-20-1-3-21(4-2-20)18-28-13-9-23(10-14-28)24-11-15-29(16-12-24)19-22-5-7-25(8-6-22)26(30)31;;;/h1-16H,17-19,27H2;3*1H/q+1;;;/p-1. The Balaban J connectivity index is 0.00000193. The Kier molecular flexibility index (Phi) is 12.3. The van der Waals surface area contributed by atoms with Crippen molar-refractivity contribution in [3.63, 3.8) is 0 Å². The van der Waals surface area contributed by atoms with Crippen molar-refractivity contribution in [1.82, 2.24) is 0 Å². The second-order valence-electron chi connectivity index (χ2n) is 7.59. The molecule has 2 heterocycles. The number of carboxylic acids is 1. The molecule has 0 radical (unpaired) electrons. The van der Waals surface area contributed by atoms with Crippen molar-refractivity contribution in [2.24, 2.45) is 0 Å². The summed E-state index contributed by atoms with van der Waals surface area (Å²) in [6, 6.07) is 24.0. The number of halogens is 3. The van der Waals surface area contributed by atoms with E-state index < -0.39 is 5.97 Å². The van der Waals surface area contributed by atoms with Crippen molar-refractivity contribution in [3.05, 3.63) is 120 Å². The first-order valence-corrected chi connectivity index (χ1v) is 10.3. The molecule has 0 atom stereocenters. The van der Waals surface area contributed by atoms with Crippen LogP contribution in [0.5, 0.6) is 0 Å². The predicted molar refractivity (Wildman–Crippen MR) is 117 cm³/mol. The van der Waals surface area contributed by atoms with Crippen LogP contribution in [-0.2, 0) is 19.6 Å². The molecule has 4 N–H and O–H groups in total. The Morgan fingerprint density at radius 3 is 1.32 bits per heavy atom. The van der Waals surface area contributed by atoms with Gasteiger partial charge in [-0.25, -0.2) is 13.9 Å². The van der Waals surface area contributed by atoms with Crippen LogP contribution in [0.4, 0.5) is 0 Å². The summed E-state index contributed by atoms with van der Waals surface area (Å²) in [6.07, 6.45) is 8.31. The lowest BCUT2D eigenvalue weighted by Crippen LogP contribution is -3.00. The molecule has 2 aromatic carbocycles. The van der Waals surface area contributed by atoms with Crippen LogP contribution in [0.1, 0.15) is 27.0 Å². The highest BCUT2D eigenvalue weighted by atomic mass is 79.9. The maximum atomic E-state index is 11.0. The Labute approximate surface area is 231 Å². The summed E-state index contributed by atoms with van der Waals surface area (Å²) >= 11 is 0. The summed E-state index contributed by atoms with van der Waals surface area (Å²) in [7, 11) is 0. The van der Waals surface area contributed by atoms with Gasteiger partial charge in [0, 0.05) is 41.0 Å². The van der Waals surface area contributed by atoms with Gasteiger partial charge in [-0.15, -0.1) is 0 Å². The Morgan fingerprint density at radius 2 is 0.971 bits per heavy atom. The van der Waals surface area contributed by atoms with Gasteiger partial charge >= 0.3 is 5.97 Å². The first kappa shape index (κ1) is 29.6. The number of carbonyl (C=O) groups is 1. The predicted octanol–water partition coefficient (Wildman–Crippen LogP) is -6.52. The molecule has 0 saturated carbocycles. The maximum absolute atomic E-state index is 11.0. The van der Waals surface area contributed by atoms with Crippen molar-refractivity contribution in [1.29, 1.82) is 0 Å². The van der Waals surface area contributed by atoms with Crippen LogP contribution in [0.15, 0.2) is 97.6 Å². The maximum Gasteiger partial charge on any atom is 0.335 e. The molecule has 4 aromatic rings. The number of rotatable bonds is 7. The second kappa shape index (κ2) is 14.1. The molecule has 0 spiro atoms. The van der Waals surface area contributed by atoms with Crippen molar-refractivity contribution in [2.45, 2.75) is 19.6 Å². The van der Waals surface area contributed by atoms with Gasteiger partial charge in [-0.1, -0.05) is 36.4 Å². The lowest BCUT2D eigenvalue weighted by molar-refractivity contribution is -0.688. The van der Waals surface area contributed by atoms with Crippen LogP contribution >= 0.6 is 0 Å². The van der Waals surface area contributed by atoms with Gasteiger partial charge in [0.05, 0.1) is 12.1 Å². The van der Waals surface area contributed by atoms with E-state index in [0.717, 1.165) is 24.2 Å². The van der Waals surface area contributed by atoms with E-state index in [1.807, 2.05) is 24.5 Å². The number of nitrogens with zero attached hydrogens (tertiary/aromatic N) is 2. The lowest BCUT2D eigenvalue weighted by Gasteiger charge is -2.03. The SMILES string of the molecule is [Br-].[Br-].[Br-].[NH3+]Cc1ccc(C[n+]2ccc(-c3cc[n+](Cc4ccc(C(=O)O)cc4)cc3)cc2)cc1. The monoisotopic (exact) mass is 649 g/mol. The van der Waals surface area contributed by atoms with E-state index in [2.05, 4.69) is 75.8 Å². The molecule has 0 bridgehead atoms. The van der Waals surface area contributed by atoms with Crippen molar-refractivity contribution >= 4 is 5.97 Å². The van der Waals surface area contributed by atoms with Crippen LogP contribution < -0.4 is 65.8 Å². The minimum atomic E-state index is -0.903. The molecule has 4 rings (SSSR count). The number of hydrogen-bond acceptors (Lipinski definition) is 1. The summed E-state index contributed by atoms with van der Waals surface area (Å²) < 4.78 is 4.25. The lowest BCUT2D eigenvalue weighted by atomic mass is 10.1. The fourth-order valence-corrected chi connectivity index (χ4v) is 3.50. The fourth-order valence-electron chi connectivity index (χ4n) is 3.50. The van der Waals surface area contributed by atoms with Crippen molar-refractivity contribution in [2.75, 3.05) is 0 Å². The third-order valence-corrected chi connectivity index (χ3v) is 5.36. The summed E-state index contributed by atoms with van der Waals surface area (Å²) in [5, 5.41) is 9.01. The van der Waals surface area contributed by atoms with Crippen molar-refractivity contribution < 1.29 is 75.7 Å². The molecule has 0 aliphatic rings. The van der Waals surface area contributed by atoms with E-state index in [1.54, 1.807) is 12.1 Å². The minimum Gasteiger partial charge on any atom is -1.00 e. The highest BCUT2D eigenvalue weighted by molar-refractivity contribution is 5.87. The molecule has 0 aliphatic heterocycles. The Hall–Kier alpha value is -2.39. The number of hydrogen-bond donors (Lipinski definition) is 2. The molecule has 34 heavy (non-hydrogen) atoms. The molecule has 5 nitrogen and oxygen atoms in total. The van der Waals surface area contributed by atoms with Crippen LogP contribution in [0.25, 0.3) is 11.1 Å². The molecule has 2 aromatic heterocycles. The van der Waals surface area contributed by atoms with E-state index >= 15 is 0 Å². The normalized spacial score (nSPS) is 9.79. The van der Waals surface area contributed by atoms with Gasteiger partial charge in [0.1, 0.15) is 0 Å². The minimum absolute atomic E-state index is 0. The number of carboxylic acid groups (broad SMARTS) is 1.